The fourth-order valence-electron chi connectivity index (χ4n) is 1.76. The lowest BCUT2D eigenvalue weighted by Gasteiger charge is -2.15. The number of carbonyl (C=O) groups is 1. The van der Waals surface area contributed by atoms with E-state index in [9.17, 15) is 4.79 Å². The largest absolute Gasteiger partial charge is 0.380 e. The maximum atomic E-state index is 12.2. The Morgan fingerprint density at radius 3 is 2.88 bits per heavy atom. The number of likely N-dealkylation sites (tertiary alicyclic amines) is 1. The third kappa shape index (κ3) is 2.50. The Hall–Kier alpha value is 0.0900. The zero-order valence-electron chi connectivity index (χ0n) is 8.70. The van der Waals surface area contributed by atoms with Crippen LogP contribution in [-0.2, 0) is 4.74 Å². The fraction of sp³-hybridized carbons (Fsp3) is 0.500. The molecule has 1 aliphatic heterocycles. The van der Waals surface area contributed by atoms with E-state index in [-0.39, 0.29) is 12.0 Å². The second-order valence-corrected chi connectivity index (χ2v) is 7.38. The number of hydrogen-bond donors (Lipinski definition) is 0. The Labute approximate surface area is 115 Å². The molecule has 1 amide bonds. The maximum Gasteiger partial charge on any atom is 0.255 e. The van der Waals surface area contributed by atoms with Crippen molar-refractivity contribution in [3.63, 3.8) is 0 Å². The molecule has 2 heterocycles. The minimum Gasteiger partial charge on any atom is -0.380 e. The van der Waals surface area contributed by atoms with Gasteiger partial charge in [-0.2, -0.15) is 0 Å². The van der Waals surface area contributed by atoms with E-state index in [0.29, 0.717) is 6.54 Å². The number of methoxy groups -OCH3 is 1. The molecule has 16 heavy (non-hydrogen) atoms. The van der Waals surface area contributed by atoms with Crippen LogP contribution >= 0.6 is 43.2 Å². The first-order valence-electron chi connectivity index (χ1n) is 4.88. The van der Waals surface area contributed by atoms with Crippen LogP contribution in [0.25, 0.3) is 0 Å². The molecule has 0 N–H and O–H groups in total. The van der Waals surface area contributed by atoms with E-state index in [1.54, 1.807) is 7.11 Å². The third-order valence-electron chi connectivity index (χ3n) is 2.65. The van der Waals surface area contributed by atoms with Crippen molar-refractivity contribution in [1.82, 2.24) is 4.90 Å². The van der Waals surface area contributed by atoms with Crippen LogP contribution in [0.5, 0.6) is 0 Å². The van der Waals surface area contributed by atoms with Crippen molar-refractivity contribution in [3.8, 4) is 0 Å². The van der Waals surface area contributed by atoms with Gasteiger partial charge in [-0.05, 0) is 44.3 Å². The average molecular weight is 369 g/mol. The molecule has 1 saturated heterocycles. The summed E-state index contributed by atoms with van der Waals surface area (Å²) in [7, 11) is 1.69. The van der Waals surface area contributed by atoms with Gasteiger partial charge in [0.05, 0.1) is 19.2 Å². The van der Waals surface area contributed by atoms with Gasteiger partial charge >= 0.3 is 0 Å². The topological polar surface area (TPSA) is 29.5 Å². The molecule has 0 bridgehead atoms. The van der Waals surface area contributed by atoms with E-state index in [1.807, 2.05) is 11.0 Å². The van der Waals surface area contributed by atoms with Gasteiger partial charge in [0.25, 0.3) is 5.91 Å². The van der Waals surface area contributed by atoms with Gasteiger partial charge < -0.3 is 9.64 Å². The molecule has 1 unspecified atom stereocenters. The molecule has 2 rings (SSSR count). The fourth-order valence-corrected chi connectivity index (χ4v) is 4.54. The molecule has 1 aromatic rings. The standard InChI is InChI=1S/C10H11Br2NO2S/c1-15-6-2-3-13(5-6)10(14)7-4-8(11)16-9(7)12/h4,6H,2-3,5H2,1H3. The van der Waals surface area contributed by atoms with Crippen LogP contribution in [0.3, 0.4) is 0 Å². The van der Waals surface area contributed by atoms with E-state index in [2.05, 4.69) is 31.9 Å². The Bertz CT molecular complexity index is 408. The normalized spacial score (nSPS) is 20.4. The lowest BCUT2D eigenvalue weighted by Crippen LogP contribution is -2.29. The summed E-state index contributed by atoms with van der Waals surface area (Å²) < 4.78 is 7.09. The van der Waals surface area contributed by atoms with Crippen LogP contribution in [0.15, 0.2) is 13.6 Å². The van der Waals surface area contributed by atoms with Crippen molar-refractivity contribution < 1.29 is 9.53 Å². The highest BCUT2D eigenvalue weighted by molar-refractivity contribution is 9.12. The Kier molecular flexibility index (Phi) is 4.05. The number of ether oxygens (including phenoxy) is 1. The van der Waals surface area contributed by atoms with Gasteiger partial charge in [0.1, 0.15) is 0 Å². The molecule has 0 aliphatic carbocycles. The van der Waals surface area contributed by atoms with Gasteiger partial charge in [-0.3, -0.25) is 4.79 Å². The SMILES string of the molecule is COC1CCN(C(=O)c2cc(Br)sc2Br)C1. The van der Waals surface area contributed by atoms with Crippen molar-refractivity contribution in [3.05, 3.63) is 19.2 Å². The molecular weight excluding hydrogens is 358 g/mol. The minimum absolute atomic E-state index is 0.0772. The van der Waals surface area contributed by atoms with Crippen molar-refractivity contribution in [2.24, 2.45) is 0 Å². The van der Waals surface area contributed by atoms with Crippen LogP contribution < -0.4 is 0 Å². The first-order chi connectivity index (χ1) is 7.61. The molecule has 0 aromatic carbocycles. The summed E-state index contributed by atoms with van der Waals surface area (Å²) in [5, 5.41) is 0. The monoisotopic (exact) mass is 367 g/mol. The summed E-state index contributed by atoms with van der Waals surface area (Å²) >= 11 is 8.30. The number of nitrogens with zero attached hydrogens (tertiary/aromatic N) is 1. The summed E-state index contributed by atoms with van der Waals surface area (Å²) in [4.78, 5) is 14.0. The summed E-state index contributed by atoms with van der Waals surface area (Å²) in [5.41, 5.74) is 0.730. The zero-order valence-corrected chi connectivity index (χ0v) is 12.7. The highest BCUT2D eigenvalue weighted by Gasteiger charge is 2.28. The number of hydrogen-bond acceptors (Lipinski definition) is 3. The zero-order chi connectivity index (χ0) is 11.7. The van der Waals surface area contributed by atoms with Crippen molar-refractivity contribution in [2.75, 3.05) is 20.2 Å². The van der Waals surface area contributed by atoms with Gasteiger partial charge in [0, 0.05) is 20.2 Å². The first kappa shape index (κ1) is 12.5. The highest BCUT2D eigenvalue weighted by Crippen LogP contribution is 2.33. The van der Waals surface area contributed by atoms with E-state index in [1.165, 1.54) is 11.3 Å². The third-order valence-corrected chi connectivity index (χ3v) is 4.99. The van der Waals surface area contributed by atoms with E-state index < -0.39 is 0 Å². The number of thiophene rings is 1. The van der Waals surface area contributed by atoms with Gasteiger partial charge in [-0.1, -0.05) is 0 Å². The van der Waals surface area contributed by atoms with Gasteiger partial charge in [0.15, 0.2) is 0 Å². The van der Waals surface area contributed by atoms with Crippen LogP contribution in [0, 0.1) is 0 Å². The molecule has 1 aliphatic rings. The van der Waals surface area contributed by atoms with Crippen molar-refractivity contribution in [1.29, 1.82) is 0 Å². The Balaban J connectivity index is 2.11. The van der Waals surface area contributed by atoms with E-state index in [4.69, 9.17) is 4.74 Å². The molecule has 0 spiro atoms. The van der Waals surface area contributed by atoms with Crippen molar-refractivity contribution >= 4 is 49.1 Å². The van der Waals surface area contributed by atoms with Gasteiger partial charge in [0.2, 0.25) is 0 Å². The van der Waals surface area contributed by atoms with Crippen LogP contribution in [0.4, 0.5) is 0 Å². The molecule has 1 aromatic heterocycles. The average Bonchev–Trinajstić information content (AvgIpc) is 2.84. The molecule has 1 atom stereocenters. The maximum absolute atomic E-state index is 12.2. The predicted molar refractivity (Wildman–Crippen MR) is 71.0 cm³/mol. The molecule has 6 heteroatoms. The molecular formula is C10H11Br2NO2S. The van der Waals surface area contributed by atoms with E-state index in [0.717, 1.165) is 26.1 Å². The molecule has 88 valence electrons. The predicted octanol–water partition coefficient (Wildman–Crippen LogP) is 3.13. The number of amides is 1. The summed E-state index contributed by atoms with van der Waals surface area (Å²) in [6, 6.07) is 1.86. The van der Waals surface area contributed by atoms with Gasteiger partial charge in [-0.25, -0.2) is 0 Å². The second kappa shape index (κ2) is 5.16. The molecule has 0 saturated carbocycles. The minimum atomic E-state index is 0.0772. The quantitative estimate of drug-likeness (QED) is 0.802. The summed E-state index contributed by atoms with van der Waals surface area (Å²) in [6.07, 6.45) is 1.11. The number of halogens is 2. The lowest BCUT2D eigenvalue weighted by atomic mass is 10.3. The van der Waals surface area contributed by atoms with Crippen LogP contribution in [0.2, 0.25) is 0 Å². The first-order valence-corrected chi connectivity index (χ1v) is 7.29. The van der Waals surface area contributed by atoms with Crippen molar-refractivity contribution in [2.45, 2.75) is 12.5 Å². The molecule has 3 nitrogen and oxygen atoms in total. The molecule has 0 radical (unpaired) electrons. The number of carbonyl (C=O) groups excluding carboxylic acids is 1. The Morgan fingerprint density at radius 2 is 2.38 bits per heavy atom. The summed E-state index contributed by atoms with van der Waals surface area (Å²) in [6.45, 7) is 1.46. The summed E-state index contributed by atoms with van der Waals surface area (Å²) in [5.74, 6) is 0.0772. The van der Waals surface area contributed by atoms with Crippen LogP contribution in [-0.4, -0.2) is 37.1 Å². The number of rotatable bonds is 2. The second-order valence-electron chi connectivity index (χ2n) is 3.64. The molecule has 1 fully saturated rings. The lowest BCUT2D eigenvalue weighted by molar-refractivity contribution is 0.0724. The van der Waals surface area contributed by atoms with Crippen LogP contribution in [0.1, 0.15) is 16.8 Å². The highest BCUT2D eigenvalue weighted by atomic mass is 79.9. The smallest absolute Gasteiger partial charge is 0.255 e. The Morgan fingerprint density at radius 1 is 1.62 bits per heavy atom. The van der Waals surface area contributed by atoms with Gasteiger partial charge in [-0.15, -0.1) is 11.3 Å². The van der Waals surface area contributed by atoms with E-state index >= 15 is 0 Å².